The second-order valence-electron chi connectivity index (χ2n) is 4.14. The van der Waals surface area contributed by atoms with Crippen molar-refractivity contribution in [3.05, 3.63) is 11.6 Å². The maximum Gasteiger partial charge on any atom is 0.291 e. The van der Waals surface area contributed by atoms with Crippen molar-refractivity contribution in [1.82, 2.24) is 20.5 Å². The van der Waals surface area contributed by atoms with Gasteiger partial charge in [0.05, 0.1) is 11.5 Å². The minimum absolute atomic E-state index is 0.0935. The topological polar surface area (TPSA) is 105 Å². The van der Waals surface area contributed by atoms with Gasteiger partial charge < -0.3 is 5.32 Å². The molecule has 7 nitrogen and oxygen atoms in total. The van der Waals surface area contributed by atoms with Crippen molar-refractivity contribution >= 4 is 15.7 Å². The first-order chi connectivity index (χ1) is 7.96. The van der Waals surface area contributed by atoms with E-state index in [2.05, 4.69) is 20.5 Å². The fraction of sp³-hybridized carbons (Fsp3) is 0.667. The molecule has 2 heterocycles. The lowest BCUT2D eigenvalue weighted by Crippen LogP contribution is -2.41. The number of hydrogen-bond donors (Lipinski definition) is 2. The fourth-order valence-corrected chi connectivity index (χ4v) is 3.22. The molecule has 1 fully saturated rings. The van der Waals surface area contributed by atoms with E-state index in [0.717, 1.165) is 0 Å². The summed E-state index contributed by atoms with van der Waals surface area (Å²) < 4.78 is 22.4. The highest BCUT2D eigenvalue weighted by molar-refractivity contribution is 7.91. The summed E-state index contributed by atoms with van der Waals surface area (Å²) in [6.45, 7) is 1.71. The first kappa shape index (κ1) is 12.0. The van der Waals surface area contributed by atoms with E-state index in [0.29, 0.717) is 18.7 Å². The van der Waals surface area contributed by atoms with E-state index >= 15 is 0 Å². The number of rotatable bonds is 2. The molecule has 94 valence electrons. The third-order valence-electron chi connectivity index (χ3n) is 2.69. The number of carbonyl (C=O) groups excluding carboxylic acids is 1. The minimum Gasteiger partial charge on any atom is -0.346 e. The summed E-state index contributed by atoms with van der Waals surface area (Å²) in [5.41, 5.74) is 0. The Labute approximate surface area is 98.9 Å². The quantitative estimate of drug-likeness (QED) is 0.738. The molecule has 1 amide bonds. The van der Waals surface area contributed by atoms with Crippen LogP contribution in [0.1, 0.15) is 29.3 Å². The van der Waals surface area contributed by atoms with E-state index in [9.17, 15) is 13.2 Å². The lowest BCUT2D eigenvalue weighted by atomic mass is 10.1. The van der Waals surface area contributed by atoms with Crippen LogP contribution in [0, 0.1) is 6.92 Å². The van der Waals surface area contributed by atoms with Crippen LogP contribution in [0.15, 0.2) is 0 Å². The Morgan fingerprint density at radius 3 is 2.59 bits per heavy atom. The Morgan fingerprint density at radius 2 is 2.06 bits per heavy atom. The highest BCUT2D eigenvalue weighted by Gasteiger charge is 2.25. The number of carbonyl (C=O) groups is 1. The molecule has 2 rings (SSSR count). The zero-order chi connectivity index (χ0) is 12.5. The standard InChI is InChI=1S/C9H14N4O3S/c1-6-10-8(13-12-6)9(14)11-7-2-4-17(15,16)5-3-7/h7H,2-5H2,1H3,(H,11,14)(H,10,12,13). The molecule has 0 bridgehead atoms. The second kappa shape index (κ2) is 4.44. The summed E-state index contributed by atoms with van der Waals surface area (Å²) in [5.74, 6) is 0.562. The number of aryl methyl sites for hydroxylation is 1. The van der Waals surface area contributed by atoms with Gasteiger partial charge in [-0.15, -0.1) is 5.10 Å². The number of nitrogens with zero attached hydrogens (tertiary/aromatic N) is 2. The summed E-state index contributed by atoms with van der Waals surface area (Å²) >= 11 is 0. The van der Waals surface area contributed by atoms with Crippen molar-refractivity contribution in [2.24, 2.45) is 0 Å². The molecule has 0 spiro atoms. The maximum absolute atomic E-state index is 11.7. The van der Waals surface area contributed by atoms with E-state index < -0.39 is 9.84 Å². The highest BCUT2D eigenvalue weighted by atomic mass is 32.2. The summed E-state index contributed by atoms with van der Waals surface area (Å²) in [6.07, 6.45) is 0.912. The van der Waals surface area contributed by atoms with Crippen molar-refractivity contribution in [1.29, 1.82) is 0 Å². The van der Waals surface area contributed by atoms with E-state index in [-0.39, 0.29) is 29.3 Å². The lowest BCUT2D eigenvalue weighted by Gasteiger charge is -2.22. The molecular weight excluding hydrogens is 244 g/mol. The molecule has 8 heteroatoms. The molecule has 0 aliphatic carbocycles. The molecule has 1 saturated heterocycles. The fourth-order valence-electron chi connectivity index (χ4n) is 1.73. The molecule has 1 aliphatic rings. The van der Waals surface area contributed by atoms with Gasteiger partial charge in [0, 0.05) is 6.04 Å². The highest BCUT2D eigenvalue weighted by Crippen LogP contribution is 2.12. The molecule has 1 aromatic heterocycles. The van der Waals surface area contributed by atoms with Gasteiger partial charge in [0.15, 0.2) is 0 Å². The zero-order valence-electron chi connectivity index (χ0n) is 9.43. The Bertz CT molecular complexity index is 508. The van der Waals surface area contributed by atoms with Crippen molar-refractivity contribution in [3.8, 4) is 0 Å². The van der Waals surface area contributed by atoms with Gasteiger partial charge in [0.2, 0.25) is 5.82 Å². The van der Waals surface area contributed by atoms with Gasteiger partial charge in [-0.3, -0.25) is 9.89 Å². The molecule has 0 radical (unpaired) electrons. The van der Waals surface area contributed by atoms with Gasteiger partial charge in [0.25, 0.3) is 5.91 Å². The van der Waals surface area contributed by atoms with Crippen LogP contribution in [0.2, 0.25) is 0 Å². The van der Waals surface area contributed by atoms with Gasteiger partial charge >= 0.3 is 0 Å². The van der Waals surface area contributed by atoms with Crippen molar-refractivity contribution in [3.63, 3.8) is 0 Å². The number of aromatic nitrogens is 3. The number of hydrogen-bond acceptors (Lipinski definition) is 5. The average Bonchev–Trinajstić information content (AvgIpc) is 2.68. The average molecular weight is 258 g/mol. The van der Waals surface area contributed by atoms with Gasteiger partial charge in [-0.2, -0.15) is 0 Å². The van der Waals surface area contributed by atoms with Crippen molar-refractivity contribution < 1.29 is 13.2 Å². The number of amides is 1. The predicted molar refractivity (Wildman–Crippen MR) is 60.3 cm³/mol. The van der Waals surface area contributed by atoms with Crippen molar-refractivity contribution in [2.45, 2.75) is 25.8 Å². The van der Waals surface area contributed by atoms with Crippen LogP contribution < -0.4 is 5.32 Å². The smallest absolute Gasteiger partial charge is 0.291 e. The van der Waals surface area contributed by atoms with Gasteiger partial charge in [-0.05, 0) is 19.8 Å². The molecule has 17 heavy (non-hydrogen) atoms. The van der Waals surface area contributed by atoms with Crippen LogP contribution in [-0.2, 0) is 9.84 Å². The van der Waals surface area contributed by atoms with Crippen LogP contribution in [-0.4, -0.2) is 47.1 Å². The maximum atomic E-state index is 11.7. The SMILES string of the molecule is Cc1nc(C(=O)NC2CCS(=O)(=O)CC2)n[nH]1. The molecule has 0 aromatic carbocycles. The first-order valence-corrected chi connectivity index (χ1v) is 7.19. The molecule has 2 N–H and O–H groups in total. The Morgan fingerprint density at radius 1 is 1.41 bits per heavy atom. The molecule has 1 aromatic rings. The summed E-state index contributed by atoms with van der Waals surface area (Å²) in [7, 11) is -2.90. The van der Waals surface area contributed by atoms with Crippen LogP contribution in [0.3, 0.4) is 0 Å². The van der Waals surface area contributed by atoms with E-state index in [1.54, 1.807) is 6.92 Å². The normalized spacial score (nSPS) is 20.1. The van der Waals surface area contributed by atoms with E-state index in [1.807, 2.05) is 0 Å². The minimum atomic E-state index is -2.90. The molecule has 0 unspecified atom stereocenters. The van der Waals surface area contributed by atoms with Gasteiger partial charge in [-0.1, -0.05) is 0 Å². The lowest BCUT2D eigenvalue weighted by molar-refractivity contribution is 0.0924. The number of nitrogens with one attached hydrogen (secondary N) is 2. The van der Waals surface area contributed by atoms with Crippen molar-refractivity contribution in [2.75, 3.05) is 11.5 Å². The van der Waals surface area contributed by atoms with E-state index in [4.69, 9.17) is 0 Å². The second-order valence-corrected chi connectivity index (χ2v) is 6.45. The zero-order valence-corrected chi connectivity index (χ0v) is 10.2. The predicted octanol–water partition coefficient (Wildman–Crippen LogP) is -0.580. The summed E-state index contributed by atoms with van der Waals surface area (Å²) in [5, 5.41) is 9.06. The van der Waals surface area contributed by atoms with Gasteiger partial charge in [-0.25, -0.2) is 13.4 Å². The largest absolute Gasteiger partial charge is 0.346 e. The molecular formula is C9H14N4O3S. The third kappa shape index (κ3) is 3.02. The molecule has 0 saturated carbocycles. The van der Waals surface area contributed by atoms with Crippen LogP contribution in [0.4, 0.5) is 0 Å². The monoisotopic (exact) mass is 258 g/mol. The molecule has 0 atom stereocenters. The van der Waals surface area contributed by atoms with Gasteiger partial charge in [0.1, 0.15) is 15.7 Å². The van der Waals surface area contributed by atoms with E-state index in [1.165, 1.54) is 0 Å². The third-order valence-corrected chi connectivity index (χ3v) is 4.41. The molecule has 1 aliphatic heterocycles. The Balaban J connectivity index is 1.92. The number of aromatic amines is 1. The Kier molecular flexibility index (Phi) is 3.14. The summed E-state index contributed by atoms with van der Waals surface area (Å²) in [6, 6.07) is -0.107. The first-order valence-electron chi connectivity index (χ1n) is 5.36. The number of sulfone groups is 1. The van der Waals surface area contributed by atoms with Crippen LogP contribution in [0.25, 0.3) is 0 Å². The van der Waals surface area contributed by atoms with Crippen LogP contribution in [0.5, 0.6) is 0 Å². The Hall–Kier alpha value is -1.44. The summed E-state index contributed by atoms with van der Waals surface area (Å²) in [4.78, 5) is 15.6. The van der Waals surface area contributed by atoms with Crippen LogP contribution >= 0.6 is 0 Å². The number of H-pyrrole nitrogens is 1.